The third kappa shape index (κ3) is 2.72. The third-order valence-electron chi connectivity index (χ3n) is 3.66. The predicted octanol–water partition coefficient (Wildman–Crippen LogP) is -0.558. The first-order valence-electron chi connectivity index (χ1n) is 6.04. The van der Waals surface area contributed by atoms with Crippen LogP contribution in [0.25, 0.3) is 0 Å². The van der Waals surface area contributed by atoms with Crippen molar-refractivity contribution in [3.05, 3.63) is 0 Å². The number of carbonyl (C=O) groups excluding carboxylic acids is 1. The molecule has 2 unspecified atom stereocenters. The van der Waals surface area contributed by atoms with Crippen LogP contribution in [0.5, 0.6) is 0 Å². The molecule has 2 bridgehead atoms. The molecule has 0 aromatic heterocycles. The largest absolute Gasteiger partial charge is 0.370 e. The van der Waals surface area contributed by atoms with Gasteiger partial charge in [-0.1, -0.05) is 0 Å². The summed E-state index contributed by atoms with van der Waals surface area (Å²) in [5, 5.41) is 0. The first kappa shape index (κ1) is 11.8. The molecule has 0 radical (unpaired) electrons. The van der Waals surface area contributed by atoms with E-state index < -0.39 is 5.91 Å². The molecule has 16 heavy (non-hydrogen) atoms. The summed E-state index contributed by atoms with van der Waals surface area (Å²) in [6, 6.07) is 1.64. The number of hydrogen-bond donors (Lipinski definition) is 2. The SMILES string of the molecule is NC(=O)COCCN1C2CCC1CC(N)C2. The number of carbonyl (C=O) groups is 1. The van der Waals surface area contributed by atoms with Crippen molar-refractivity contribution in [1.82, 2.24) is 4.90 Å². The number of nitrogens with zero attached hydrogens (tertiary/aromatic N) is 1. The van der Waals surface area contributed by atoms with Crippen LogP contribution in [0.4, 0.5) is 0 Å². The van der Waals surface area contributed by atoms with Crippen LogP contribution in [0.2, 0.25) is 0 Å². The Morgan fingerprint density at radius 3 is 2.50 bits per heavy atom. The zero-order valence-corrected chi connectivity index (χ0v) is 9.60. The second-order valence-electron chi connectivity index (χ2n) is 4.87. The normalized spacial score (nSPS) is 34.2. The van der Waals surface area contributed by atoms with Crippen molar-refractivity contribution >= 4 is 5.91 Å². The number of primary amides is 1. The van der Waals surface area contributed by atoms with Gasteiger partial charge in [-0.3, -0.25) is 9.69 Å². The van der Waals surface area contributed by atoms with Crippen molar-refractivity contribution in [3.8, 4) is 0 Å². The Labute approximate surface area is 96.1 Å². The Balaban J connectivity index is 1.72. The minimum absolute atomic E-state index is 0.0304. The van der Waals surface area contributed by atoms with Gasteiger partial charge in [-0.15, -0.1) is 0 Å². The monoisotopic (exact) mass is 227 g/mol. The molecule has 5 nitrogen and oxygen atoms in total. The molecule has 0 aliphatic carbocycles. The summed E-state index contributed by atoms with van der Waals surface area (Å²) in [7, 11) is 0. The maximum Gasteiger partial charge on any atom is 0.243 e. The molecule has 0 aromatic rings. The number of rotatable bonds is 5. The molecule has 0 spiro atoms. The van der Waals surface area contributed by atoms with Crippen molar-refractivity contribution in [2.24, 2.45) is 11.5 Å². The van der Waals surface area contributed by atoms with E-state index in [-0.39, 0.29) is 6.61 Å². The van der Waals surface area contributed by atoms with E-state index in [0.29, 0.717) is 24.7 Å². The van der Waals surface area contributed by atoms with E-state index >= 15 is 0 Å². The topological polar surface area (TPSA) is 81.6 Å². The molecule has 5 heteroatoms. The van der Waals surface area contributed by atoms with Crippen LogP contribution in [0.15, 0.2) is 0 Å². The Morgan fingerprint density at radius 1 is 1.31 bits per heavy atom. The highest BCUT2D eigenvalue weighted by Gasteiger charge is 2.38. The van der Waals surface area contributed by atoms with Crippen molar-refractivity contribution < 1.29 is 9.53 Å². The summed E-state index contributed by atoms with van der Waals surface area (Å²) in [6.07, 6.45) is 4.72. The summed E-state index contributed by atoms with van der Waals surface area (Å²) >= 11 is 0. The van der Waals surface area contributed by atoms with E-state index in [1.54, 1.807) is 0 Å². The average molecular weight is 227 g/mol. The van der Waals surface area contributed by atoms with Gasteiger partial charge in [0.15, 0.2) is 0 Å². The van der Waals surface area contributed by atoms with E-state index in [0.717, 1.165) is 19.4 Å². The lowest BCUT2D eigenvalue weighted by molar-refractivity contribution is -0.122. The smallest absolute Gasteiger partial charge is 0.243 e. The molecule has 2 atom stereocenters. The Morgan fingerprint density at radius 2 is 1.94 bits per heavy atom. The fourth-order valence-electron chi connectivity index (χ4n) is 3.02. The van der Waals surface area contributed by atoms with Crippen LogP contribution in [0.3, 0.4) is 0 Å². The number of nitrogens with two attached hydrogens (primary N) is 2. The first-order valence-corrected chi connectivity index (χ1v) is 6.04. The van der Waals surface area contributed by atoms with Crippen LogP contribution in [-0.2, 0) is 9.53 Å². The summed E-state index contributed by atoms with van der Waals surface area (Å²) in [5.74, 6) is -0.399. The molecule has 1 amide bonds. The van der Waals surface area contributed by atoms with Crippen LogP contribution >= 0.6 is 0 Å². The van der Waals surface area contributed by atoms with E-state index in [9.17, 15) is 4.79 Å². The van der Waals surface area contributed by atoms with E-state index in [4.69, 9.17) is 16.2 Å². The molecule has 2 aliphatic heterocycles. The van der Waals surface area contributed by atoms with E-state index in [2.05, 4.69) is 4.90 Å². The summed E-state index contributed by atoms with van der Waals surface area (Å²) in [5.41, 5.74) is 11.0. The number of ether oxygens (including phenoxy) is 1. The molecule has 92 valence electrons. The van der Waals surface area contributed by atoms with Crippen LogP contribution in [0, 0.1) is 0 Å². The fourth-order valence-corrected chi connectivity index (χ4v) is 3.02. The molecule has 4 N–H and O–H groups in total. The van der Waals surface area contributed by atoms with Gasteiger partial charge in [0.05, 0.1) is 6.61 Å². The van der Waals surface area contributed by atoms with Crippen LogP contribution < -0.4 is 11.5 Å². The highest BCUT2D eigenvalue weighted by Crippen LogP contribution is 2.34. The third-order valence-corrected chi connectivity index (χ3v) is 3.66. The van der Waals surface area contributed by atoms with Gasteiger partial charge in [-0.25, -0.2) is 0 Å². The maximum atomic E-state index is 10.5. The predicted molar refractivity (Wildman–Crippen MR) is 60.7 cm³/mol. The quantitative estimate of drug-likeness (QED) is 0.617. The van der Waals surface area contributed by atoms with Crippen molar-refractivity contribution in [2.75, 3.05) is 19.8 Å². The molecule has 2 saturated heterocycles. The number of fused-ring (bicyclic) bond motifs is 2. The number of amides is 1. The molecule has 2 fully saturated rings. The van der Waals surface area contributed by atoms with Gasteiger partial charge in [-0.2, -0.15) is 0 Å². The number of hydrogen-bond acceptors (Lipinski definition) is 4. The van der Waals surface area contributed by atoms with Gasteiger partial charge >= 0.3 is 0 Å². The van der Waals surface area contributed by atoms with E-state index in [1.807, 2.05) is 0 Å². The van der Waals surface area contributed by atoms with Gasteiger partial charge in [0, 0.05) is 24.7 Å². The first-order chi connectivity index (χ1) is 7.66. The van der Waals surface area contributed by atoms with Crippen LogP contribution in [-0.4, -0.2) is 48.7 Å². The summed E-state index contributed by atoms with van der Waals surface area (Å²) in [6.45, 7) is 1.52. The maximum absolute atomic E-state index is 10.5. The molecule has 0 saturated carbocycles. The van der Waals surface area contributed by atoms with Crippen molar-refractivity contribution in [2.45, 2.75) is 43.8 Å². The molecular weight excluding hydrogens is 206 g/mol. The molecule has 2 aliphatic rings. The highest BCUT2D eigenvalue weighted by atomic mass is 16.5. The second kappa shape index (κ2) is 5.12. The lowest BCUT2D eigenvalue weighted by Gasteiger charge is -2.37. The van der Waals surface area contributed by atoms with E-state index in [1.165, 1.54) is 12.8 Å². The Kier molecular flexibility index (Phi) is 3.78. The van der Waals surface area contributed by atoms with Crippen LogP contribution in [0.1, 0.15) is 25.7 Å². The standard InChI is InChI=1S/C11H21N3O2/c12-8-5-9-1-2-10(6-8)14(9)3-4-16-7-11(13)15/h8-10H,1-7,12H2,(H2,13,15). The van der Waals surface area contributed by atoms with Gasteiger partial charge < -0.3 is 16.2 Å². The molecular formula is C11H21N3O2. The molecule has 2 heterocycles. The lowest BCUT2D eigenvalue weighted by Crippen LogP contribution is -2.48. The molecule has 2 rings (SSSR count). The van der Waals surface area contributed by atoms with Gasteiger partial charge in [-0.05, 0) is 25.7 Å². The minimum Gasteiger partial charge on any atom is -0.370 e. The zero-order chi connectivity index (χ0) is 11.5. The average Bonchev–Trinajstić information content (AvgIpc) is 2.45. The van der Waals surface area contributed by atoms with Gasteiger partial charge in [0.25, 0.3) is 0 Å². The summed E-state index contributed by atoms with van der Waals surface area (Å²) < 4.78 is 5.20. The Hall–Kier alpha value is -0.650. The lowest BCUT2D eigenvalue weighted by atomic mass is 9.98. The van der Waals surface area contributed by atoms with Crippen molar-refractivity contribution in [3.63, 3.8) is 0 Å². The van der Waals surface area contributed by atoms with Crippen molar-refractivity contribution in [1.29, 1.82) is 0 Å². The zero-order valence-electron chi connectivity index (χ0n) is 9.60. The Bertz CT molecular complexity index is 246. The highest BCUT2D eigenvalue weighted by molar-refractivity contribution is 5.74. The summed E-state index contributed by atoms with van der Waals surface area (Å²) in [4.78, 5) is 13.0. The molecule has 0 aromatic carbocycles. The van der Waals surface area contributed by atoms with Gasteiger partial charge in [0.1, 0.15) is 6.61 Å². The second-order valence-corrected chi connectivity index (χ2v) is 4.87. The fraction of sp³-hybridized carbons (Fsp3) is 0.909. The number of piperidine rings is 1. The minimum atomic E-state index is -0.399. The van der Waals surface area contributed by atoms with Gasteiger partial charge in [0.2, 0.25) is 5.91 Å².